The minimum atomic E-state index is -5.11. The molecule has 1 amide bonds. The number of hydrogen-bond donors (Lipinski definition) is 2. The van der Waals surface area contributed by atoms with Gasteiger partial charge in [-0.3, -0.25) is 0 Å². The summed E-state index contributed by atoms with van der Waals surface area (Å²) in [6.45, 7) is 6.50. The second-order valence-corrected chi connectivity index (χ2v) is 10.8. The Morgan fingerprint density at radius 3 is 2.56 bits per heavy atom. The van der Waals surface area contributed by atoms with Crippen molar-refractivity contribution < 1.29 is 36.9 Å². The molecule has 3 aromatic rings. The Bertz CT molecular complexity index is 1510. The number of nitrogens with one attached hydrogen (secondary N) is 1. The Hall–Kier alpha value is -4.19. The van der Waals surface area contributed by atoms with E-state index in [1.165, 1.54) is 4.90 Å². The van der Waals surface area contributed by atoms with Crippen molar-refractivity contribution in [2.75, 3.05) is 25.5 Å². The van der Waals surface area contributed by atoms with Gasteiger partial charge in [0.1, 0.15) is 40.3 Å². The summed E-state index contributed by atoms with van der Waals surface area (Å²) in [6, 6.07) is 3.59. The molecular weight excluding hydrogens is 550 g/mol. The normalized spacial score (nSPS) is 17.6. The van der Waals surface area contributed by atoms with Crippen LogP contribution in [0.2, 0.25) is 0 Å². The minimum Gasteiger partial charge on any atom is -0.495 e. The van der Waals surface area contributed by atoms with Crippen molar-refractivity contribution in [2.45, 2.75) is 64.0 Å². The molecule has 4 rings (SSSR count). The molecule has 0 aliphatic carbocycles. The SMILES string of the molecule is COc1cc2ncc(-c3nc(N[C@@H]4CCCN(C(=O)OC(C)(C)C)C4)c(C#N)cc3F)n2nc1C(C)(O)C(F)(F)F. The summed E-state index contributed by atoms with van der Waals surface area (Å²) in [6.07, 6.45) is -3.20. The van der Waals surface area contributed by atoms with Gasteiger partial charge in [-0.15, -0.1) is 0 Å². The third kappa shape index (κ3) is 5.97. The van der Waals surface area contributed by atoms with Crippen LogP contribution in [0.15, 0.2) is 18.3 Å². The fraction of sp³-hybridized carbons (Fsp3) is 0.500. The molecule has 1 fully saturated rings. The van der Waals surface area contributed by atoms with Gasteiger partial charge in [0.05, 0.1) is 18.9 Å². The summed E-state index contributed by atoms with van der Waals surface area (Å²) >= 11 is 0. The van der Waals surface area contributed by atoms with Crippen molar-refractivity contribution in [3.8, 4) is 23.2 Å². The molecule has 1 saturated heterocycles. The summed E-state index contributed by atoms with van der Waals surface area (Å²) in [7, 11) is 1.11. The summed E-state index contributed by atoms with van der Waals surface area (Å²) in [5.74, 6) is -1.32. The van der Waals surface area contributed by atoms with E-state index in [0.29, 0.717) is 26.3 Å². The molecular formula is C26H29F4N7O4. The molecule has 4 heterocycles. The van der Waals surface area contributed by atoms with Gasteiger partial charge in [-0.05, 0) is 46.6 Å². The van der Waals surface area contributed by atoms with Crippen LogP contribution in [-0.4, -0.2) is 73.7 Å². The van der Waals surface area contributed by atoms with Crippen LogP contribution in [0.3, 0.4) is 0 Å². The molecule has 2 atom stereocenters. The maximum Gasteiger partial charge on any atom is 0.422 e. The van der Waals surface area contributed by atoms with Crippen molar-refractivity contribution in [1.29, 1.82) is 5.26 Å². The van der Waals surface area contributed by atoms with E-state index in [2.05, 4.69) is 20.4 Å². The molecule has 0 aromatic carbocycles. The number of likely N-dealkylation sites (tertiary alicyclic amines) is 1. The lowest BCUT2D eigenvalue weighted by molar-refractivity contribution is -0.261. The number of halogens is 4. The van der Waals surface area contributed by atoms with Gasteiger partial charge in [0.15, 0.2) is 11.5 Å². The molecule has 0 spiro atoms. The molecule has 3 aromatic heterocycles. The third-order valence-electron chi connectivity index (χ3n) is 6.44. The summed E-state index contributed by atoms with van der Waals surface area (Å²) in [4.78, 5) is 22.5. The average molecular weight is 580 g/mol. The lowest BCUT2D eigenvalue weighted by atomic mass is 10.0. The Labute approximate surface area is 232 Å². The number of aliphatic hydroxyl groups is 1. The molecule has 15 heteroatoms. The number of pyridine rings is 1. The maximum atomic E-state index is 15.2. The van der Waals surface area contributed by atoms with E-state index in [4.69, 9.17) is 9.47 Å². The Balaban J connectivity index is 1.73. The van der Waals surface area contributed by atoms with Gasteiger partial charge in [0.2, 0.25) is 5.60 Å². The van der Waals surface area contributed by atoms with Gasteiger partial charge in [0, 0.05) is 25.2 Å². The third-order valence-corrected chi connectivity index (χ3v) is 6.44. The van der Waals surface area contributed by atoms with Crippen LogP contribution in [0.4, 0.5) is 28.2 Å². The Morgan fingerprint density at radius 2 is 1.95 bits per heavy atom. The van der Waals surface area contributed by atoms with E-state index in [0.717, 1.165) is 30.0 Å². The number of amides is 1. The molecule has 2 N–H and O–H groups in total. The Kier molecular flexibility index (Phi) is 7.74. The number of fused-ring (bicyclic) bond motifs is 1. The first-order chi connectivity index (χ1) is 19.1. The predicted molar refractivity (Wildman–Crippen MR) is 138 cm³/mol. The zero-order valence-electron chi connectivity index (χ0n) is 23.0. The van der Waals surface area contributed by atoms with Crippen molar-refractivity contribution in [1.82, 2.24) is 24.5 Å². The van der Waals surface area contributed by atoms with Crippen LogP contribution in [0, 0.1) is 17.1 Å². The molecule has 1 aliphatic heterocycles. The second kappa shape index (κ2) is 10.7. The second-order valence-electron chi connectivity index (χ2n) is 10.8. The van der Waals surface area contributed by atoms with Crippen LogP contribution < -0.4 is 10.1 Å². The van der Waals surface area contributed by atoms with Crippen LogP contribution in [-0.2, 0) is 10.3 Å². The number of piperidine rings is 1. The summed E-state index contributed by atoms with van der Waals surface area (Å²) < 4.78 is 67.6. The highest BCUT2D eigenvalue weighted by atomic mass is 19.4. The lowest BCUT2D eigenvalue weighted by Crippen LogP contribution is -2.47. The number of carbonyl (C=O) groups excluding carboxylic acids is 1. The Morgan fingerprint density at radius 1 is 1.24 bits per heavy atom. The topological polar surface area (TPSA) is 138 Å². The van der Waals surface area contributed by atoms with Crippen molar-refractivity contribution >= 4 is 17.6 Å². The van der Waals surface area contributed by atoms with Crippen molar-refractivity contribution in [2.24, 2.45) is 0 Å². The number of imidazole rings is 1. The van der Waals surface area contributed by atoms with Crippen molar-refractivity contribution in [3.63, 3.8) is 0 Å². The van der Waals surface area contributed by atoms with E-state index >= 15 is 4.39 Å². The highest BCUT2D eigenvalue weighted by Gasteiger charge is 2.54. The molecule has 11 nitrogen and oxygen atoms in total. The largest absolute Gasteiger partial charge is 0.495 e. The first-order valence-electron chi connectivity index (χ1n) is 12.6. The van der Waals surface area contributed by atoms with Crippen molar-refractivity contribution in [3.05, 3.63) is 35.4 Å². The zero-order valence-corrected chi connectivity index (χ0v) is 23.0. The number of nitrogens with zero attached hydrogens (tertiary/aromatic N) is 6. The van der Waals surface area contributed by atoms with E-state index in [9.17, 15) is 28.3 Å². The number of ether oxygens (including phenoxy) is 2. The predicted octanol–water partition coefficient (Wildman–Crippen LogP) is 4.39. The molecule has 1 aliphatic rings. The number of anilines is 1. The van der Waals surface area contributed by atoms with Crippen LogP contribution in [0.5, 0.6) is 5.75 Å². The quantitative estimate of drug-likeness (QED) is 0.422. The van der Waals surface area contributed by atoms with E-state index < -0.39 is 35.0 Å². The number of hydrogen-bond acceptors (Lipinski definition) is 9. The van der Waals surface area contributed by atoms with Crippen LogP contribution >= 0.6 is 0 Å². The first-order valence-corrected chi connectivity index (χ1v) is 12.6. The van der Waals surface area contributed by atoms with Crippen LogP contribution in [0.25, 0.3) is 17.0 Å². The zero-order chi connectivity index (χ0) is 30.3. The summed E-state index contributed by atoms with van der Waals surface area (Å²) in [5.41, 5.74) is -5.56. The molecule has 41 heavy (non-hydrogen) atoms. The smallest absolute Gasteiger partial charge is 0.422 e. The number of methoxy groups -OCH3 is 1. The van der Waals surface area contributed by atoms with Gasteiger partial charge in [-0.25, -0.2) is 23.7 Å². The summed E-state index contributed by atoms with van der Waals surface area (Å²) in [5, 5.41) is 26.9. The van der Waals surface area contributed by atoms with Gasteiger partial charge in [-0.2, -0.15) is 23.5 Å². The van der Waals surface area contributed by atoms with E-state index in [1.54, 1.807) is 20.8 Å². The van der Waals surface area contributed by atoms with Gasteiger partial charge in [0.25, 0.3) is 0 Å². The number of nitriles is 1. The average Bonchev–Trinajstić information content (AvgIpc) is 3.29. The number of aromatic nitrogens is 4. The molecule has 0 bridgehead atoms. The van der Waals surface area contributed by atoms with Gasteiger partial charge >= 0.3 is 12.3 Å². The van der Waals surface area contributed by atoms with E-state index in [-0.39, 0.29) is 46.8 Å². The molecule has 220 valence electrons. The number of carbonyl (C=O) groups is 1. The lowest BCUT2D eigenvalue weighted by Gasteiger charge is -2.34. The number of alkyl halides is 3. The van der Waals surface area contributed by atoms with Gasteiger partial charge in [-0.1, -0.05) is 0 Å². The van der Waals surface area contributed by atoms with Gasteiger partial charge < -0.3 is 24.8 Å². The fourth-order valence-electron chi connectivity index (χ4n) is 4.33. The van der Waals surface area contributed by atoms with Crippen LogP contribution in [0.1, 0.15) is 51.8 Å². The highest BCUT2D eigenvalue weighted by Crippen LogP contribution is 2.41. The minimum absolute atomic E-state index is 0.000994. The molecule has 0 radical (unpaired) electrons. The maximum absolute atomic E-state index is 15.2. The number of rotatable bonds is 5. The monoisotopic (exact) mass is 579 g/mol. The standard InChI is InChI=1S/C26H29F4N7O4/c1-24(2,3)41-23(38)36-8-6-7-15(13-36)33-22-14(11-31)9-16(27)20(34-22)17-12-32-19-10-18(40-5)21(35-37(17)19)25(4,39)26(28,29)30/h9-10,12,15,39H,6-8,13H2,1-5H3,(H,33,34)/t15-,25?/m1/s1. The molecule has 0 saturated carbocycles. The first kappa shape index (κ1) is 29.8. The highest BCUT2D eigenvalue weighted by molar-refractivity contribution is 5.69. The van der Waals surface area contributed by atoms with E-state index in [1.807, 2.05) is 6.07 Å². The molecule has 1 unspecified atom stereocenters. The fourth-order valence-corrected chi connectivity index (χ4v) is 4.33.